The molecular formula is C24H24ClN3O4. The van der Waals surface area contributed by atoms with Gasteiger partial charge in [-0.25, -0.2) is 4.79 Å². The van der Waals surface area contributed by atoms with Crippen molar-refractivity contribution >= 4 is 29.3 Å². The number of aromatic amines is 1. The SMILES string of the molecule is CCOC(=O)c1[nH]c(C)c(C(=O)CN(Cc2ccncc2)C(=O)c2ccc(Cl)cc2)c1C. The van der Waals surface area contributed by atoms with Crippen LogP contribution in [0.25, 0.3) is 0 Å². The molecule has 0 aliphatic carbocycles. The zero-order valence-corrected chi connectivity index (χ0v) is 18.9. The van der Waals surface area contributed by atoms with Gasteiger partial charge in [-0.2, -0.15) is 0 Å². The number of ether oxygens (including phenoxy) is 1. The van der Waals surface area contributed by atoms with Gasteiger partial charge in [-0.15, -0.1) is 0 Å². The smallest absolute Gasteiger partial charge is 0.355 e. The van der Waals surface area contributed by atoms with E-state index in [0.29, 0.717) is 27.4 Å². The van der Waals surface area contributed by atoms with Gasteiger partial charge in [0.15, 0.2) is 5.78 Å². The molecule has 0 aliphatic rings. The molecule has 0 radical (unpaired) electrons. The fourth-order valence-electron chi connectivity index (χ4n) is 3.51. The lowest BCUT2D eigenvalue weighted by Crippen LogP contribution is -2.35. The number of H-pyrrole nitrogens is 1. The van der Waals surface area contributed by atoms with E-state index in [1.807, 2.05) is 0 Å². The molecular weight excluding hydrogens is 430 g/mol. The Morgan fingerprint density at radius 2 is 1.72 bits per heavy atom. The molecule has 1 amide bonds. The highest BCUT2D eigenvalue weighted by Crippen LogP contribution is 2.21. The number of benzene rings is 1. The molecule has 7 nitrogen and oxygen atoms in total. The molecule has 0 saturated carbocycles. The summed E-state index contributed by atoms with van der Waals surface area (Å²) in [4.78, 5) is 47.1. The van der Waals surface area contributed by atoms with Crippen LogP contribution in [-0.4, -0.2) is 45.7 Å². The first-order valence-corrected chi connectivity index (χ1v) is 10.5. The maximum Gasteiger partial charge on any atom is 0.355 e. The van der Waals surface area contributed by atoms with Crippen LogP contribution in [0.1, 0.15) is 54.9 Å². The van der Waals surface area contributed by atoms with Crippen LogP contribution in [0.5, 0.6) is 0 Å². The van der Waals surface area contributed by atoms with Crippen LogP contribution in [0.15, 0.2) is 48.8 Å². The van der Waals surface area contributed by atoms with E-state index >= 15 is 0 Å². The molecule has 2 heterocycles. The van der Waals surface area contributed by atoms with Gasteiger partial charge in [0.1, 0.15) is 5.69 Å². The Balaban J connectivity index is 1.90. The predicted octanol–water partition coefficient (Wildman–Crippen LogP) is 4.38. The van der Waals surface area contributed by atoms with Gasteiger partial charge >= 0.3 is 5.97 Å². The molecule has 0 atom stereocenters. The highest BCUT2D eigenvalue weighted by Gasteiger charge is 2.26. The van der Waals surface area contributed by atoms with E-state index in [1.165, 1.54) is 4.90 Å². The molecule has 0 aliphatic heterocycles. The second-order valence-corrected chi connectivity index (χ2v) is 7.73. The van der Waals surface area contributed by atoms with E-state index in [9.17, 15) is 14.4 Å². The van der Waals surface area contributed by atoms with Crippen LogP contribution in [0.4, 0.5) is 0 Å². The maximum atomic E-state index is 13.3. The van der Waals surface area contributed by atoms with Crippen molar-refractivity contribution in [1.29, 1.82) is 0 Å². The minimum absolute atomic E-state index is 0.161. The number of aryl methyl sites for hydroxylation is 1. The minimum Gasteiger partial charge on any atom is -0.461 e. The van der Waals surface area contributed by atoms with Gasteiger partial charge in [-0.1, -0.05) is 11.6 Å². The first kappa shape index (κ1) is 23.2. The number of ketones is 1. The fraction of sp³-hybridized carbons (Fsp3) is 0.250. The number of hydrogen-bond donors (Lipinski definition) is 1. The first-order valence-electron chi connectivity index (χ1n) is 10.1. The Kier molecular flexibility index (Phi) is 7.43. The Morgan fingerprint density at radius 3 is 2.34 bits per heavy atom. The van der Waals surface area contributed by atoms with Crippen molar-refractivity contribution in [3.63, 3.8) is 0 Å². The summed E-state index contributed by atoms with van der Waals surface area (Å²) in [6, 6.07) is 10.1. The largest absolute Gasteiger partial charge is 0.461 e. The van der Waals surface area contributed by atoms with Crippen molar-refractivity contribution < 1.29 is 19.1 Å². The van der Waals surface area contributed by atoms with Crippen molar-refractivity contribution in [2.24, 2.45) is 0 Å². The number of amides is 1. The molecule has 166 valence electrons. The third kappa shape index (κ3) is 5.23. The van der Waals surface area contributed by atoms with Gasteiger partial charge in [-0.05, 0) is 68.3 Å². The van der Waals surface area contributed by atoms with E-state index in [4.69, 9.17) is 16.3 Å². The number of aromatic nitrogens is 2. The summed E-state index contributed by atoms with van der Waals surface area (Å²) in [6.45, 7) is 5.42. The van der Waals surface area contributed by atoms with Gasteiger partial charge in [0, 0.05) is 40.8 Å². The lowest BCUT2D eigenvalue weighted by Gasteiger charge is -2.22. The number of pyridine rings is 1. The van der Waals surface area contributed by atoms with Gasteiger partial charge < -0.3 is 14.6 Å². The van der Waals surface area contributed by atoms with Gasteiger partial charge in [0.05, 0.1) is 13.2 Å². The average Bonchev–Trinajstić information content (AvgIpc) is 3.08. The Labute approximate surface area is 191 Å². The zero-order valence-electron chi connectivity index (χ0n) is 18.1. The van der Waals surface area contributed by atoms with Crippen molar-refractivity contribution in [3.05, 3.63) is 87.5 Å². The van der Waals surface area contributed by atoms with E-state index in [2.05, 4.69) is 9.97 Å². The standard InChI is InChI=1S/C24H24ClN3O4/c1-4-32-24(31)22-15(2)21(16(3)27-22)20(29)14-28(13-17-9-11-26-12-10-17)23(30)18-5-7-19(25)8-6-18/h5-12,27H,4,13-14H2,1-3H3. The third-order valence-corrected chi connectivity index (χ3v) is 5.28. The van der Waals surface area contributed by atoms with Crippen molar-refractivity contribution in [2.45, 2.75) is 27.3 Å². The molecule has 3 aromatic rings. The average molecular weight is 454 g/mol. The number of esters is 1. The molecule has 3 rings (SSSR count). The molecule has 0 fully saturated rings. The summed E-state index contributed by atoms with van der Waals surface area (Å²) >= 11 is 5.95. The van der Waals surface area contributed by atoms with Gasteiger partial charge in [0.25, 0.3) is 5.91 Å². The van der Waals surface area contributed by atoms with E-state index in [-0.39, 0.29) is 37.1 Å². The Hall–Kier alpha value is -3.45. The quantitative estimate of drug-likeness (QED) is 0.403. The van der Waals surface area contributed by atoms with E-state index in [0.717, 1.165) is 5.56 Å². The summed E-state index contributed by atoms with van der Waals surface area (Å²) < 4.78 is 5.06. The number of hydrogen-bond acceptors (Lipinski definition) is 5. The number of carbonyl (C=O) groups excluding carboxylic acids is 3. The zero-order chi connectivity index (χ0) is 23.3. The summed E-state index contributed by atoms with van der Waals surface area (Å²) in [7, 11) is 0. The molecule has 0 saturated heterocycles. The lowest BCUT2D eigenvalue weighted by molar-refractivity contribution is 0.0519. The van der Waals surface area contributed by atoms with E-state index < -0.39 is 5.97 Å². The molecule has 0 spiro atoms. The van der Waals surface area contributed by atoms with Crippen LogP contribution in [0, 0.1) is 13.8 Å². The molecule has 8 heteroatoms. The second-order valence-electron chi connectivity index (χ2n) is 7.29. The maximum absolute atomic E-state index is 13.3. The van der Waals surface area contributed by atoms with Crippen molar-refractivity contribution in [2.75, 3.05) is 13.2 Å². The highest BCUT2D eigenvalue weighted by molar-refractivity contribution is 6.30. The second kappa shape index (κ2) is 10.2. The summed E-state index contributed by atoms with van der Waals surface area (Å²) in [5.74, 6) is -1.09. The van der Waals surface area contributed by atoms with Crippen LogP contribution in [-0.2, 0) is 11.3 Å². The van der Waals surface area contributed by atoms with Crippen LogP contribution in [0.3, 0.4) is 0 Å². The summed E-state index contributed by atoms with van der Waals surface area (Å²) in [5.41, 5.74) is 2.96. The lowest BCUT2D eigenvalue weighted by atomic mass is 10.0. The fourth-order valence-corrected chi connectivity index (χ4v) is 3.64. The van der Waals surface area contributed by atoms with Crippen LogP contribution < -0.4 is 0 Å². The number of nitrogens with one attached hydrogen (secondary N) is 1. The molecule has 32 heavy (non-hydrogen) atoms. The monoisotopic (exact) mass is 453 g/mol. The number of halogens is 1. The first-order chi connectivity index (χ1) is 15.3. The number of Topliss-reactive ketones (excluding diaryl/α,β-unsaturated/α-hetero) is 1. The Bertz CT molecular complexity index is 1120. The highest BCUT2D eigenvalue weighted by atomic mass is 35.5. The van der Waals surface area contributed by atoms with Crippen LogP contribution >= 0.6 is 11.6 Å². The summed E-state index contributed by atoms with van der Waals surface area (Å²) in [6.07, 6.45) is 3.27. The molecule has 0 unspecified atom stereocenters. The topological polar surface area (TPSA) is 92.4 Å². The molecule has 2 aromatic heterocycles. The van der Waals surface area contributed by atoms with Crippen LogP contribution in [0.2, 0.25) is 5.02 Å². The van der Waals surface area contributed by atoms with Crippen molar-refractivity contribution in [1.82, 2.24) is 14.9 Å². The molecule has 1 aromatic carbocycles. The Morgan fingerprint density at radius 1 is 1.06 bits per heavy atom. The number of rotatable bonds is 8. The molecule has 0 bridgehead atoms. The minimum atomic E-state index is -0.516. The van der Waals surface area contributed by atoms with Gasteiger partial charge in [0.2, 0.25) is 0 Å². The molecule has 1 N–H and O–H groups in total. The third-order valence-electron chi connectivity index (χ3n) is 5.03. The number of carbonyl (C=O) groups is 3. The number of nitrogens with zero attached hydrogens (tertiary/aromatic N) is 2. The summed E-state index contributed by atoms with van der Waals surface area (Å²) in [5, 5.41) is 0.517. The normalized spacial score (nSPS) is 10.6. The van der Waals surface area contributed by atoms with E-state index in [1.54, 1.807) is 69.6 Å². The predicted molar refractivity (Wildman–Crippen MR) is 121 cm³/mol. The van der Waals surface area contributed by atoms with Gasteiger partial charge in [-0.3, -0.25) is 14.6 Å². The van der Waals surface area contributed by atoms with Crippen molar-refractivity contribution in [3.8, 4) is 0 Å².